The number of fused-ring (bicyclic) bond motifs is 2. The molecule has 5 heterocycles. The summed E-state index contributed by atoms with van der Waals surface area (Å²) in [6.07, 6.45) is 3.69. The second kappa shape index (κ2) is 10.8. The Morgan fingerprint density at radius 1 is 1.16 bits per heavy atom. The van der Waals surface area contributed by atoms with Crippen molar-refractivity contribution in [2.24, 2.45) is 0 Å². The van der Waals surface area contributed by atoms with E-state index in [1.165, 1.54) is 34.8 Å². The first-order chi connectivity index (χ1) is 21.2. The van der Waals surface area contributed by atoms with E-state index in [0.717, 1.165) is 54.7 Å². The molecule has 1 atom stereocenters. The number of likely N-dealkylation sites (N-methyl/N-ethyl adjacent to an activating group) is 1. The summed E-state index contributed by atoms with van der Waals surface area (Å²) in [6, 6.07) is 11.3. The van der Waals surface area contributed by atoms with Gasteiger partial charge >= 0.3 is 0 Å². The molecule has 0 bridgehead atoms. The number of nitrogens with two attached hydrogens (primary N) is 1. The maximum Gasteiger partial charge on any atom is 0.219 e. The molecule has 12 heteroatoms. The third-order valence-electron chi connectivity index (χ3n) is 8.67. The Bertz CT molecular complexity index is 1890. The number of para-hydroxylation sites is 1. The van der Waals surface area contributed by atoms with Crippen LogP contribution in [0.4, 0.5) is 14.6 Å². The van der Waals surface area contributed by atoms with E-state index in [4.69, 9.17) is 10.5 Å². The lowest BCUT2D eigenvalue weighted by atomic mass is 9.89. The van der Waals surface area contributed by atoms with Crippen LogP contribution in [-0.2, 0) is 6.42 Å². The number of nitrogens with one attached hydrogen (secondary N) is 1. The van der Waals surface area contributed by atoms with Crippen molar-refractivity contribution in [3.63, 3.8) is 0 Å². The molecule has 1 unspecified atom stereocenters. The molecule has 2 aliphatic heterocycles. The number of nitrogens with zero attached hydrogens (tertiary/aromatic N) is 5. The largest absolute Gasteiger partial charge is 0.433 e. The van der Waals surface area contributed by atoms with Crippen LogP contribution in [0, 0.1) is 18.6 Å². The molecule has 5 aromatic rings. The fourth-order valence-corrected chi connectivity index (χ4v) is 6.35. The molecule has 1 saturated heterocycles. The van der Waals surface area contributed by atoms with Crippen LogP contribution in [-0.4, -0.2) is 79.8 Å². The van der Waals surface area contributed by atoms with Crippen molar-refractivity contribution in [2.75, 3.05) is 39.0 Å². The molecule has 0 radical (unpaired) electrons. The summed E-state index contributed by atoms with van der Waals surface area (Å²) in [5.74, 6) is -2.45. The van der Waals surface area contributed by atoms with Crippen LogP contribution in [0.1, 0.15) is 38.8 Å². The zero-order chi connectivity index (χ0) is 30.7. The molecule has 0 saturated carbocycles. The molecule has 2 aromatic carbocycles. The number of aryl methyl sites for hydroxylation is 1. The van der Waals surface area contributed by atoms with Crippen LogP contribution in [0.15, 0.2) is 54.9 Å². The van der Waals surface area contributed by atoms with Crippen molar-refractivity contribution in [1.29, 1.82) is 0 Å². The van der Waals surface area contributed by atoms with Crippen molar-refractivity contribution in [1.82, 2.24) is 29.5 Å². The number of ketones is 1. The number of aromatic nitrogens is 4. The topological polar surface area (TPSA) is 126 Å². The van der Waals surface area contributed by atoms with Gasteiger partial charge in [0.25, 0.3) is 0 Å². The maximum absolute atomic E-state index is 14.0. The predicted octanol–water partition coefficient (Wildman–Crippen LogP) is 4.15. The minimum absolute atomic E-state index is 0.00960. The lowest BCUT2D eigenvalue weighted by Gasteiger charge is -2.49. The predicted molar refractivity (Wildman–Crippen MR) is 160 cm³/mol. The van der Waals surface area contributed by atoms with Gasteiger partial charge in [0.1, 0.15) is 5.82 Å². The van der Waals surface area contributed by atoms with Crippen molar-refractivity contribution < 1.29 is 23.4 Å². The minimum Gasteiger partial charge on any atom is -0.433 e. The number of H-pyrrole nitrogens is 1. The summed E-state index contributed by atoms with van der Waals surface area (Å²) >= 11 is 0. The number of rotatable bonds is 7. The second-order valence-electron chi connectivity index (χ2n) is 11.5. The van der Waals surface area contributed by atoms with Gasteiger partial charge in [-0.05, 0) is 67.4 Å². The van der Waals surface area contributed by atoms with Crippen LogP contribution in [0.3, 0.4) is 0 Å². The van der Waals surface area contributed by atoms with Gasteiger partial charge in [-0.25, -0.2) is 18.4 Å². The fraction of sp³-hybridized carbons (Fsp3) is 0.281. The van der Waals surface area contributed by atoms with E-state index in [1.807, 2.05) is 0 Å². The highest BCUT2D eigenvalue weighted by molar-refractivity contribution is 6.12. The van der Waals surface area contributed by atoms with Crippen LogP contribution < -0.4 is 10.5 Å². The van der Waals surface area contributed by atoms with Crippen molar-refractivity contribution in [3.05, 3.63) is 94.4 Å². The molecule has 1 fully saturated rings. The van der Waals surface area contributed by atoms with E-state index < -0.39 is 17.4 Å². The van der Waals surface area contributed by atoms with E-state index in [9.17, 15) is 18.7 Å². The Hall–Kier alpha value is -4.65. The highest BCUT2D eigenvalue weighted by Gasteiger charge is 2.37. The van der Waals surface area contributed by atoms with Crippen molar-refractivity contribution in [2.45, 2.75) is 25.4 Å². The van der Waals surface area contributed by atoms with Gasteiger partial charge in [-0.15, -0.1) is 0 Å². The Morgan fingerprint density at radius 2 is 1.93 bits per heavy atom. The van der Waals surface area contributed by atoms with Gasteiger partial charge in [0.2, 0.25) is 17.4 Å². The summed E-state index contributed by atoms with van der Waals surface area (Å²) in [6.45, 7) is 4.64. The zero-order valence-electron chi connectivity index (χ0n) is 24.2. The fourth-order valence-electron chi connectivity index (χ4n) is 6.35. The van der Waals surface area contributed by atoms with Gasteiger partial charge < -0.3 is 25.5 Å². The normalized spacial score (nSPS) is 17.5. The molecule has 2 aliphatic rings. The van der Waals surface area contributed by atoms with Crippen LogP contribution in [0.5, 0.6) is 11.6 Å². The number of hydrogen-bond donors (Lipinski definition) is 3. The minimum atomic E-state index is -0.845. The number of benzene rings is 2. The molecule has 10 nitrogen and oxygen atoms in total. The molecule has 3 aromatic heterocycles. The Labute approximate surface area is 251 Å². The molecular formula is C32H31F2N7O3. The summed E-state index contributed by atoms with van der Waals surface area (Å²) in [7, 11) is 2.10. The Balaban J connectivity index is 1.15. The third-order valence-corrected chi connectivity index (χ3v) is 8.67. The Morgan fingerprint density at radius 3 is 2.64 bits per heavy atom. The van der Waals surface area contributed by atoms with Crippen molar-refractivity contribution >= 4 is 22.5 Å². The van der Waals surface area contributed by atoms with E-state index in [0.29, 0.717) is 23.0 Å². The number of carbonyl (C=O) groups is 1. The zero-order valence-corrected chi connectivity index (χ0v) is 24.2. The molecule has 0 spiro atoms. The number of aliphatic hydroxyl groups excluding tert-OH is 1. The number of ether oxygens (including phenoxy) is 1. The monoisotopic (exact) mass is 599 g/mol. The summed E-state index contributed by atoms with van der Waals surface area (Å²) in [5.41, 5.74) is 11.2. The van der Waals surface area contributed by atoms with Crippen LogP contribution in [0.2, 0.25) is 0 Å². The third kappa shape index (κ3) is 4.71. The molecule has 44 heavy (non-hydrogen) atoms. The second-order valence-corrected chi connectivity index (χ2v) is 11.5. The number of anilines is 1. The molecular weight excluding hydrogens is 568 g/mol. The molecule has 7 rings (SSSR count). The molecule has 226 valence electrons. The van der Waals surface area contributed by atoms with Gasteiger partial charge in [-0.1, -0.05) is 6.07 Å². The van der Waals surface area contributed by atoms with Gasteiger partial charge in [-0.2, -0.15) is 5.10 Å². The lowest BCUT2D eigenvalue weighted by molar-refractivity contribution is -0.00118. The number of pyridine rings is 1. The maximum atomic E-state index is 14.0. The summed E-state index contributed by atoms with van der Waals surface area (Å²) in [4.78, 5) is 25.7. The van der Waals surface area contributed by atoms with E-state index >= 15 is 0 Å². The molecule has 0 amide bonds. The number of aliphatic hydroxyl groups is 1. The first-order valence-corrected chi connectivity index (χ1v) is 14.4. The number of aromatic amines is 1. The van der Waals surface area contributed by atoms with E-state index in [2.05, 4.69) is 44.0 Å². The average molecular weight is 600 g/mol. The van der Waals surface area contributed by atoms with Gasteiger partial charge in [0.15, 0.2) is 11.6 Å². The summed E-state index contributed by atoms with van der Waals surface area (Å²) < 4.78 is 34.8. The lowest BCUT2D eigenvalue weighted by Crippen LogP contribution is -2.60. The Kier molecular flexibility index (Phi) is 6.91. The SMILES string of the molecule is Cc1cc(Oc2c(F)cccc2F)ncc1-n1ncc(C(=O)c2cc3cc4c(cc3[nH]2)CCN(C2CN(C)C2)C4CO)c1N. The van der Waals surface area contributed by atoms with Gasteiger partial charge in [0.05, 0.1) is 42.0 Å². The van der Waals surface area contributed by atoms with E-state index in [-0.39, 0.29) is 35.7 Å². The van der Waals surface area contributed by atoms with Gasteiger partial charge in [-0.3, -0.25) is 9.69 Å². The highest BCUT2D eigenvalue weighted by Crippen LogP contribution is 2.36. The van der Waals surface area contributed by atoms with Gasteiger partial charge in [0, 0.05) is 42.6 Å². The average Bonchev–Trinajstić information content (AvgIpc) is 3.58. The number of halogens is 2. The number of carbonyl (C=O) groups excluding carboxylic acids is 1. The first-order valence-electron chi connectivity index (χ1n) is 14.4. The van der Waals surface area contributed by atoms with Crippen LogP contribution >= 0.6 is 0 Å². The first kappa shape index (κ1) is 28.1. The number of nitrogen functional groups attached to an aromatic ring is 1. The quantitative estimate of drug-likeness (QED) is 0.239. The standard InChI is InChI=1S/C32H31F2N7O3/c1-17-8-29(44-31-23(33)4-3-5-24(31)34)36-13-27(17)41-32(35)22(12-37-41)30(43)26-11-19-9-21-18(10-25(19)38-26)6-7-40(28(21)16-42)20-14-39(2)15-20/h3-5,8-13,20,28,38,42H,6-7,14-16,35H2,1-2H3. The van der Waals surface area contributed by atoms with E-state index in [1.54, 1.807) is 13.0 Å². The highest BCUT2D eigenvalue weighted by atomic mass is 19.1. The number of likely N-dealkylation sites (tertiary alicyclic amines) is 1. The molecule has 0 aliphatic carbocycles. The smallest absolute Gasteiger partial charge is 0.219 e. The number of hydrogen-bond acceptors (Lipinski definition) is 8. The molecule has 4 N–H and O–H groups in total. The van der Waals surface area contributed by atoms with Crippen LogP contribution in [0.25, 0.3) is 16.6 Å². The van der Waals surface area contributed by atoms with Crippen molar-refractivity contribution in [3.8, 4) is 17.3 Å². The summed E-state index contributed by atoms with van der Waals surface area (Å²) in [5, 5.41) is 15.5.